The molecule has 2 heteroatoms. The molecule has 0 saturated heterocycles. The maximum absolute atomic E-state index is 6.43. The van der Waals surface area contributed by atoms with Gasteiger partial charge in [-0.15, -0.1) is 0 Å². The number of hydrogen-bond acceptors (Lipinski definition) is 2. The first-order valence-electron chi connectivity index (χ1n) is 8.07. The van der Waals surface area contributed by atoms with E-state index >= 15 is 0 Å². The highest BCUT2D eigenvalue weighted by atomic mass is 16.5. The lowest BCUT2D eigenvalue weighted by atomic mass is 9.84. The van der Waals surface area contributed by atoms with Gasteiger partial charge in [0, 0.05) is 6.54 Å². The third-order valence-corrected chi connectivity index (χ3v) is 4.53. The molecule has 0 amide bonds. The van der Waals surface area contributed by atoms with E-state index in [0.29, 0.717) is 6.10 Å². The van der Waals surface area contributed by atoms with Crippen molar-refractivity contribution in [1.29, 1.82) is 0 Å². The van der Waals surface area contributed by atoms with Gasteiger partial charge in [0.2, 0.25) is 0 Å². The summed E-state index contributed by atoms with van der Waals surface area (Å²) in [7, 11) is 1.99. The first-order chi connectivity index (χ1) is 9.65. The van der Waals surface area contributed by atoms with Crippen molar-refractivity contribution in [3.05, 3.63) is 28.8 Å². The summed E-state index contributed by atoms with van der Waals surface area (Å²) in [5.41, 5.74) is 3.89. The van der Waals surface area contributed by atoms with Crippen LogP contribution < -0.4 is 10.1 Å². The highest BCUT2D eigenvalue weighted by Gasteiger charge is 2.26. The van der Waals surface area contributed by atoms with Gasteiger partial charge in [-0.1, -0.05) is 25.5 Å². The smallest absolute Gasteiger partial charge is 0.125 e. The highest BCUT2D eigenvalue weighted by molar-refractivity contribution is 5.43. The Hall–Kier alpha value is -1.02. The second-order valence-corrected chi connectivity index (χ2v) is 6.20. The minimum atomic E-state index is 0.418. The van der Waals surface area contributed by atoms with Gasteiger partial charge in [0.15, 0.2) is 0 Å². The summed E-state index contributed by atoms with van der Waals surface area (Å²) >= 11 is 0. The van der Waals surface area contributed by atoms with Crippen molar-refractivity contribution < 1.29 is 4.74 Å². The number of nitrogens with one attached hydrogen (secondary N) is 1. The van der Waals surface area contributed by atoms with E-state index in [1.165, 1.54) is 48.8 Å². The zero-order chi connectivity index (χ0) is 14.5. The summed E-state index contributed by atoms with van der Waals surface area (Å²) in [5.74, 6) is 1.86. The third kappa shape index (κ3) is 3.54. The van der Waals surface area contributed by atoms with Crippen LogP contribution in [0.15, 0.2) is 12.1 Å². The van der Waals surface area contributed by atoms with Crippen molar-refractivity contribution >= 4 is 0 Å². The summed E-state index contributed by atoms with van der Waals surface area (Å²) < 4.78 is 6.43. The molecule has 1 aromatic carbocycles. The molecule has 1 aliphatic carbocycles. The molecule has 0 spiro atoms. The molecule has 20 heavy (non-hydrogen) atoms. The van der Waals surface area contributed by atoms with Crippen LogP contribution in [-0.2, 0) is 6.54 Å². The van der Waals surface area contributed by atoms with E-state index in [9.17, 15) is 0 Å². The Morgan fingerprint density at radius 1 is 1.15 bits per heavy atom. The second-order valence-electron chi connectivity index (χ2n) is 6.20. The Morgan fingerprint density at radius 2 is 1.80 bits per heavy atom. The van der Waals surface area contributed by atoms with E-state index in [4.69, 9.17) is 4.74 Å². The molecular weight excluding hydrogens is 246 g/mol. The minimum absolute atomic E-state index is 0.418. The van der Waals surface area contributed by atoms with Gasteiger partial charge in [-0.2, -0.15) is 0 Å². The fourth-order valence-electron chi connectivity index (χ4n) is 3.48. The second kappa shape index (κ2) is 7.12. The quantitative estimate of drug-likeness (QED) is 0.861. The zero-order valence-electron chi connectivity index (χ0n) is 13.5. The Kier molecular flexibility index (Phi) is 5.47. The van der Waals surface area contributed by atoms with Gasteiger partial charge in [-0.3, -0.25) is 0 Å². The van der Waals surface area contributed by atoms with Gasteiger partial charge >= 0.3 is 0 Å². The molecule has 1 aliphatic rings. The third-order valence-electron chi connectivity index (χ3n) is 4.53. The fourth-order valence-corrected chi connectivity index (χ4v) is 3.48. The summed E-state index contributed by atoms with van der Waals surface area (Å²) in [5, 5.41) is 3.21. The predicted molar refractivity (Wildman–Crippen MR) is 85.3 cm³/mol. The van der Waals surface area contributed by atoms with Gasteiger partial charge in [-0.05, 0) is 69.2 Å². The maximum atomic E-state index is 6.43. The summed E-state index contributed by atoms with van der Waals surface area (Å²) in [4.78, 5) is 0. The van der Waals surface area contributed by atoms with Crippen LogP contribution in [0.5, 0.6) is 5.75 Å². The van der Waals surface area contributed by atoms with E-state index in [0.717, 1.165) is 18.2 Å². The summed E-state index contributed by atoms with van der Waals surface area (Å²) in [6, 6.07) is 4.51. The molecule has 1 aromatic rings. The van der Waals surface area contributed by atoms with Gasteiger partial charge in [-0.25, -0.2) is 0 Å². The van der Waals surface area contributed by atoms with Crippen LogP contribution in [0.1, 0.15) is 55.7 Å². The first kappa shape index (κ1) is 15.4. The molecule has 112 valence electrons. The molecule has 2 rings (SSSR count). The Bertz CT molecular complexity index is 418. The standard InChI is InChI=1S/C18H29NO/c1-5-16-8-6-7-9-17(16)20-18-13(2)10-15(12-19-4)11-14(18)3/h10-11,16-17,19H,5-9,12H2,1-4H3. The van der Waals surface area contributed by atoms with Crippen molar-refractivity contribution in [2.75, 3.05) is 7.05 Å². The molecule has 0 radical (unpaired) electrons. The van der Waals surface area contributed by atoms with Crippen molar-refractivity contribution in [1.82, 2.24) is 5.32 Å². The monoisotopic (exact) mass is 275 g/mol. The number of rotatable bonds is 5. The van der Waals surface area contributed by atoms with Gasteiger partial charge in [0.1, 0.15) is 11.9 Å². The van der Waals surface area contributed by atoms with Crippen LogP contribution in [0.2, 0.25) is 0 Å². The number of aryl methyl sites for hydroxylation is 2. The Balaban J connectivity index is 2.15. The lowest BCUT2D eigenvalue weighted by molar-refractivity contribution is 0.0890. The Morgan fingerprint density at radius 3 is 2.40 bits per heavy atom. The molecule has 0 aliphatic heterocycles. The molecule has 0 bridgehead atoms. The van der Waals surface area contributed by atoms with Gasteiger partial charge < -0.3 is 10.1 Å². The summed E-state index contributed by atoms with van der Waals surface area (Å²) in [6.45, 7) is 7.56. The molecule has 0 aromatic heterocycles. The molecule has 2 nitrogen and oxygen atoms in total. The van der Waals surface area contributed by atoms with E-state index in [1.54, 1.807) is 0 Å². The van der Waals surface area contributed by atoms with Crippen molar-refractivity contribution in [3.63, 3.8) is 0 Å². The summed E-state index contributed by atoms with van der Waals surface area (Å²) in [6.07, 6.45) is 6.89. The average Bonchev–Trinajstić information content (AvgIpc) is 2.43. The molecule has 0 heterocycles. The fraction of sp³-hybridized carbons (Fsp3) is 0.667. The van der Waals surface area contributed by atoms with Gasteiger partial charge in [0.05, 0.1) is 0 Å². The zero-order valence-corrected chi connectivity index (χ0v) is 13.5. The number of ether oxygens (including phenoxy) is 1. The van der Waals surface area contributed by atoms with Crippen molar-refractivity contribution in [3.8, 4) is 5.75 Å². The van der Waals surface area contributed by atoms with Crippen LogP contribution in [0.3, 0.4) is 0 Å². The normalized spacial score (nSPS) is 22.8. The predicted octanol–water partition coefficient (Wildman–Crippen LogP) is 4.37. The van der Waals surface area contributed by atoms with Crippen LogP contribution in [0.25, 0.3) is 0 Å². The van der Waals surface area contributed by atoms with E-state index in [1.807, 2.05) is 7.05 Å². The molecule has 1 saturated carbocycles. The topological polar surface area (TPSA) is 21.3 Å². The van der Waals surface area contributed by atoms with Crippen LogP contribution in [0, 0.1) is 19.8 Å². The molecular formula is C18H29NO. The maximum Gasteiger partial charge on any atom is 0.125 e. The average molecular weight is 275 g/mol. The molecule has 2 atom stereocenters. The first-order valence-corrected chi connectivity index (χ1v) is 8.07. The molecule has 1 fully saturated rings. The van der Waals surface area contributed by atoms with Gasteiger partial charge in [0.25, 0.3) is 0 Å². The van der Waals surface area contributed by atoms with E-state index in [-0.39, 0.29) is 0 Å². The Labute approximate surface area is 123 Å². The SMILES string of the molecule is CCC1CCCCC1Oc1c(C)cc(CNC)cc1C. The highest BCUT2D eigenvalue weighted by Crippen LogP contribution is 2.33. The van der Waals surface area contributed by atoms with Crippen molar-refractivity contribution in [2.45, 2.75) is 65.5 Å². The lowest BCUT2D eigenvalue weighted by Gasteiger charge is -2.32. The number of benzene rings is 1. The van der Waals surface area contributed by atoms with E-state index in [2.05, 4.69) is 38.2 Å². The van der Waals surface area contributed by atoms with Crippen LogP contribution in [-0.4, -0.2) is 13.2 Å². The van der Waals surface area contributed by atoms with Crippen LogP contribution >= 0.6 is 0 Å². The van der Waals surface area contributed by atoms with Crippen LogP contribution in [0.4, 0.5) is 0 Å². The number of hydrogen-bond donors (Lipinski definition) is 1. The minimum Gasteiger partial charge on any atom is -0.490 e. The molecule has 2 unspecified atom stereocenters. The lowest BCUT2D eigenvalue weighted by Crippen LogP contribution is -2.30. The largest absolute Gasteiger partial charge is 0.490 e. The van der Waals surface area contributed by atoms with Crippen molar-refractivity contribution in [2.24, 2.45) is 5.92 Å². The molecule has 1 N–H and O–H groups in total. The van der Waals surface area contributed by atoms with E-state index < -0.39 is 0 Å².